The van der Waals surface area contributed by atoms with Crippen molar-refractivity contribution in [3.8, 4) is 0 Å². The molecule has 156 valence electrons. The second-order valence-electron chi connectivity index (χ2n) is 6.01. The molecule has 0 saturated carbocycles. The van der Waals surface area contributed by atoms with Crippen LogP contribution in [-0.4, -0.2) is 63.5 Å². The third-order valence-corrected chi connectivity index (χ3v) is 4.45. The Kier molecular flexibility index (Phi) is 7.29. The van der Waals surface area contributed by atoms with Crippen LogP contribution in [0.3, 0.4) is 0 Å². The minimum absolute atomic E-state index is 0.153. The molecule has 12 heteroatoms. The zero-order valence-electron chi connectivity index (χ0n) is 15.5. The van der Waals surface area contributed by atoms with Gasteiger partial charge in [0.05, 0.1) is 12.2 Å². The predicted octanol–water partition coefficient (Wildman–Crippen LogP) is 2.94. The number of aromatic nitrogens is 3. The van der Waals surface area contributed by atoms with E-state index in [9.17, 15) is 18.0 Å². The number of carboxylic acids is 1. The number of likely N-dealkylation sites (N-methyl/N-ethyl adjacent to an activating group) is 1. The predicted molar refractivity (Wildman–Crippen MR) is 102 cm³/mol. The number of alkyl halides is 3. The molecule has 0 aliphatic rings. The van der Waals surface area contributed by atoms with Crippen molar-refractivity contribution >= 4 is 39.1 Å². The van der Waals surface area contributed by atoms with Gasteiger partial charge in [-0.15, -0.1) is 11.3 Å². The van der Waals surface area contributed by atoms with Gasteiger partial charge in [0.2, 0.25) is 0 Å². The first kappa shape index (κ1) is 22.3. The lowest BCUT2D eigenvalue weighted by atomic mass is 10.3. The molecular weight excluding hydrogens is 411 g/mol. The maximum Gasteiger partial charge on any atom is 0.490 e. The van der Waals surface area contributed by atoms with Gasteiger partial charge in [-0.3, -0.25) is 9.48 Å². The van der Waals surface area contributed by atoms with E-state index >= 15 is 0 Å². The first-order chi connectivity index (χ1) is 13.6. The highest BCUT2D eigenvalue weighted by molar-refractivity contribution is 7.17. The van der Waals surface area contributed by atoms with E-state index in [-0.39, 0.29) is 5.91 Å². The molecule has 0 spiro atoms. The standard InChI is InChI=1S/C15H17N5OS.C2HF3O2/c1-19(2)8-9-20-13(5-7-17-20)14(21)18-12-10-22-15-11(12)4-3-6-16-15;3-2(4,5)1(6)7/h3-7,10H,8-9H2,1-2H3,(H,18,21);(H,6,7). The summed E-state index contributed by atoms with van der Waals surface area (Å²) in [6.07, 6.45) is -1.68. The Morgan fingerprint density at radius 2 is 1.97 bits per heavy atom. The monoisotopic (exact) mass is 429 g/mol. The number of carbonyl (C=O) groups is 2. The topological polar surface area (TPSA) is 100 Å². The van der Waals surface area contributed by atoms with E-state index in [1.165, 1.54) is 11.3 Å². The quantitative estimate of drug-likeness (QED) is 0.647. The molecule has 0 bridgehead atoms. The van der Waals surface area contributed by atoms with E-state index in [1.54, 1.807) is 23.1 Å². The molecule has 0 aromatic carbocycles. The lowest BCUT2D eigenvalue weighted by molar-refractivity contribution is -0.192. The zero-order chi connectivity index (χ0) is 21.6. The Morgan fingerprint density at radius 1 is 1.28 bits per heavy atom. The second kappa shape index (κ2) is 9.47. The van der Waals surface area contributed by atoms with Gasteiger partial charge in [-0.2, -0.15) is 18.3 Å². The van der Waals surface area contributed by atoms with E-state index in [0.717, 1.165) is 22.4 Å². The van der Waals surface area contributed by atoms with Crippen LogP contribution >= 0.6 is 11.3 Å². The Hall–Kier alpha value is -2.99. The number of hydrogen-bond donors (Lipinski definition) is 2. The normalized spacial score (nSPS) is 11.2. The fraction of sp³-hybridized carbons (Fsp3) is 0.294. The summed E-state index contributed by atoms with van der Waals surface area (Å²) >= 11 is 1.52. The smallest absolute Gasteiger partial charge is 0.475 e. The summed E-state index contributed by atoms with van der Waals surface area (Å²) in [4.78, 5) is 28.6. The molecule has 0 unspecified atom stereocenters. The van der Waals surface area contributed by atoms with Crippen LogP contribution in [0.4, 0.5) is 18.9 Å². The Morgan fingerprint density at radius 3 is 2.59 bits per heavy atom. The number of rotatable bonds is 5. The van der Waals surface area contributed by atoms with E-state index < -0.39 is 12.1 Å². The van der Waals surface area contributed by atoms with E-state index in [0.29, 0.717) is 12.2 Å². The summed E-state index contributed by atoms with van der Waals surface area (Å²) in [5.74, 6) is -2.91. The molecule has 0 aliphatic carbocycles. The number of thiophene rings is 1. The lowest BCUT2D eigenvalue weighted by Gasteiger charge is -2.11. The third kappa shape index (κ3) is 6.26. The molecule has 3 rings (SSSR count). The minimum atomic E-state index is -5.08. The van der Waals surface area contributed by atoms with Crippen molar-refractivity contribution in [1.82, 2.24) is 19.7 Å². The fourth-order valence-electron chi connectivity index (χ4n) is 2.15. The molecule has 29 heavy (non-hydrogen) atoms. The zero-order valence-corrected chi connectivity index (χ0v) is 16.3. The summed E-state index contributed by atoms with van der Waals surface area (Å²) in [5.41, 5.74) is 1.35. The third-order valence-electron chi connectivity index (χ3n) is 3.55. The maximum atomic E-state index is 12.5. The number of carbonyl (C=O) groups excluding carboxylic acids is 1. The number of fused-ring (bicyclic) bond motifs is 1. The Bertz CT molecular complexity index is 984. The van der Waals surface area contributed by atoms with Crippen molar-refractivity contribution in [3.63, 3.8) is 0 Å². The van der Waals surface area contributed by atoms with Crippen LogP contribution in [0.2, 0.25) is 0 Å². The molecule has 0 fully saturated rings. The highest BCUT2D eigenvalue weighted by Gasteiger charge is 2.38. The molecule has 3 aromatic heterocycles. The fourth-order valence-corrected chi connectivity index (χ4v) is 2.99. The average Bonchev–Trinajstić information content (AvgIpc) is 3.27. The van der Waals surface area contributed by atoms with Crippen LogP contribution in [-0.2, 0) is 11.3 Å². The maximum absolute atomic E-state index is 12.5. The lowest BCUT2D eigenvalue weighted by Crippen LogP contribution is -2.23. The number of halogens is 3. The van der Waals surface area contributed by atoms with Crippen LogP contribution in [0.5, 0.6) is 0 Å². The SMILES string of the molecule is CN(C)CCn1nccc1C(=O)Nc1csc2ncccc12.O=C(O)C(F)(F)F. The molecule has 0 radical (unpaired) electrons. The van der Waals surface area contributed by atoms with Crippen LogP contribution in [0.1, 0.15) is 10.5 Å². The average molecular weight is 429 g/mol. The van der Waals surface area contributed by atoms with Gasteiger partial charge < -0.3 is 15.3 Å². The van der Waals surface area contributed by atoms with Crippen molar-refractivity contribution < 1.29 is 27.9 Å². The van der Waals surface area contributed by atoms with Gasteiger partial charge in [-0.05, 0) is 32.3 Å². The van der Waals surface area contributed by atoms with Crippen molar-refractivity contribution in [3.05, 3.63) is 41.7 Å². The molecule has 1 amide bonds. The van der Waals surface area contributed by atoms with Crippen molar-refractivity contribution in [2.75, 3.05) is 26.0 Å². The van der Waals surface area contributed by atoms with E-state index in [1.807, 2.05) is 31.6 Å². The van der Waals surface area contributed by atoms with Gasteiger partial charge in [-0.1, -0.05) is 0 Å². The Balaban J connectivity index is 0.000000370. The van der Waals surface area contributed by atoms with Gasteiger partial charge in [-0.25, -0.2) is 9.78 Å². The van der Waals surface area contributed by atoms with E-state index in [4.69, 9.17) is 9.90 Å². The summed E-state index contributed by atoms with van der Waals surface area (Å²) < 4.78 is 33.5. The molecule has 3 heterocycles. The molecule has 2 N–H and O–H groups in total. The van der Waals surface area contributed by atoms with Crippen molar-refractivity contribution in [2.45, 2.75) is 12.7 Å². The first-order valence-electron chi connectivity index (χ1n) is 8.20. The van der Waals surface area contributed by atoms with Gasteiger partial charge in [0.25, 0.3) is 5.91 Å². The number of amides is 1. The van der Waals surface area contributed by atoms with Crippen LogP contribution in [0.25, 0.3) is 10.2 Å². The van der Waals surface area contributed by atoms with Gasteiger partial charge in [0.15, 0.2) is 0 Å². The number of anilines is 1. The molecule has 0 aliphatic heterocycles. The van der Waals surface area contributed by atoms with Gasteiger partial charge >= 0.3 is 12.1 Å². The second-order valence-corrected chi connectivity index (χ2v) is 6.86. The minimum Gasteiger partial charge on any atom is -0.475 e. The molecule has 3 aromatic rings. The van der Waals surface area contributed by atoms with E-state index in [2.05, 4.69) is 20.3 Å². The molecular formula is C17H18F3N5O3S. The van der Waals surface area contributed by atoms with Crippen LogP contribution < -0.4 is 5.32 Å². The molecule has 0 atom stereocenters. The van der Waals surface area contributed by atoms with Crippen molar-refractivity contribution in [2.24, 2.45) is 0 Å². The molecule has 8 nitrogen and oxygen atoms in total. The largest absolute Gasteiger partial charge is 0.490 e. The van der Waals surface area contributed by atoms with Crippen molar-refractivity contribution in [1.29, 1.82) is 0 Å². The van der Waals surface area contributed by atoms with Gasteiger partial charge in [0, 0.05) is 29.7 Å². The number of nitrogens with one attached hydrogen (secondary N) is 1. The highest BCUT2D eigenvalue weighted by atomic mass is 32.1. The number of carboxylic acid groups (broad SMARTS) is 1. The number of hydrogen-bond acceptors (Lipinski definition) is 6. The number of pyridine rings is 1. The van der Waals surface area contributed by atoms with Gasteiger partial charge in [0.1, 0.15) is 10.5 Å². The molecule has 0 saturated heterocycles. The Labute approximate surface area is 167 Å². The van der Waals surface area contributed by atoms with Crippen LogP contribution in [0, 0.1) is 0 Å². The summed E-state index contributed by atoms with van der Waals surface area (Å²) in [6, 6.07) is 5.56. The summed E-state index contributed by atoms with van der Waals surface area (Å²) in [6.45, 7) is 1.50. The number of nitrogens with zero attached hydrogens (tertiary/aromatic N) is 4. The summed E-state index contributed by atoms with van der Waals surface area (Å²) in [5, 5.41) is 17.2. The highest BCUT2D eigenvalue weighted by Crippen LogP contribution is 2.28. The summed E-state index contributed by atoms with van der Waals surface area (Å²) in [7, 11) is 3.99. The van der Waals surface area contributed by atoms with Crippen LogP contribution in [0.15, 0.2) is 36.0 Å². The first-order valence-corrected chi connectivity index (χ1v) is 9.07. The number of aliphatic carboxylic acids is 1.